The van der Waals surface area contributed by atoms with Crippen LogP contribution in [0.3, 0.4) is 0 Å². The Kier molecular flexibility index (Phi) is 4.56. The fourth-order valence-electron chi connectivity index (χ4n) is 3.43. The summed E-state index contributed by atoms with van der Waals surface area (Å²) in [5, 5.41) is 13.4. The Bertz CT molecular complexity index is 1380. The Morgan fingerprint density at radius 3 is 2.67 bits per heavy atom. The summed E-state index contributed by atoms with van der Waals surface area (Å²) in [7, 11) is 0. The van der Waals surface area contributed by atoms with Crippen molar-refractivity contribution in [3.05, 3.63) is 88.7 Å². The van der Waals surface area contributed by atoms with Gasteiger partial charge in [0.25, 0.3) is 0 Å². The first-order valence-electron chi connectivity index (χ1n) is 9.48. The predicted molar refractivity (Wildman–Crippen MR) is 117 cm³/mol. The lowest BCUT2D eigenvalue weighted by Gasteiger charge is -2.11. The lowest BCUT2D eigenvalue weighted by Crippen LogP contribution is -2.05. The summed E-state index contributed by atoms with van der Waals surface area (Å²) in [6, 6.07) is 20.1. The van der Waals surface area contributed by atoms with Gasteiger partial charge in [0.05, 0.1) is 5.52 Å². The number of rotatable bonds is 4. The number of hydrogen-bond donors (Lipinski definition) is 1. The molecule has 148 valence electrons. The highest BCUT2D eigenvalue weighted by atomic mass is 35.5. The number of benzene rings is 3. The summed E-state index contributed by atoms with van der Waals surface area (Å²) in [5.74, 6) is 0.352. The molecule has 0 aliphatic carbocycles. The maximum absolute atomic E-state index is 13.8. The molecule has 1 N–H and O–H groups in total. The van der Waals surface area contributed by atoms with Crippen LogP contribution in [-0.2, 0) is 6.54 Å². The number of hydrogen-bond acceptors (Lipinski definition) is 4. The first-order valence-corrected chi connectivity index (χ1v) is 9.86. The minimum atomic E-state index is -0.338. The Balaban J connectivity index is 1.66. The topological polar surface area (TPSA) is 55.1 Å². The van der Waals surface area contributed by atoms with Crippen molar-refractivity contribution in [2.24, 2.45) is 0 Å². The quantitative estimate of drug-likeness (QED) is 0.410. The molecule has 2 heterocycles. The van der Waals surface area contributed by atoms with Crippen molar-refractivity contribution in [2.45, 2.75) is 13.5 Å². The van der Waals surface area contributed by atoms with E-state index in [4.69, 9.17) is 16.6 Å². The van der Waals surface area contributed by atoms with Crippen molar-refractivity contribution in [1.82, 2.24) is 19.8 Å². The Hall–Kier alpha value is -3.51. The van der Waals surface area contributed by atoms with Gasteiger partial charge in [-0.2, -0.15) is 4.52 Å². The average Bonchev–Trinajstić information content (AvgIpc) is 3.17. The average molecular weight is 418 g/mol. The van der Waals surface area contributed by atoms with E-state index in [1.807, 2.05) is 18.2 Å². The fourth-order valence-corrected chi connectivity index (χ4v) is 3.60. The molecule has 7 heteroatoms. The molecule has 5 aromatic rings. The summed E-state index contributed by atoms with van der Waals surface area (Å²) >= 11 is 6.25. The number of anilines is 1. The van der Waals surface area contributed by atoms with Gasteiger partial charge in [-0.1, -0.05) is 58.8 Å². The van der Waals surface area contributed by atoms with E-state index >= 15 is 0 Å². The number of halogens is 2. The van der Waals surface area contributed by atoms with Crippen LogP contribution in [0.1, 0.15) is 11.1 Å². The molecule has 5 rings (SSSR count). The van der Waals surface area contributed by atoms with Crippen molar-refractivity contribution in [3.8, 4) is 11.3 Å². The zero-order valence-corrected chi connectivity index (χ0v) is 16.9. The Labute approximate surface area is 177 Å². The van der Waals surface area contributed by atoms with Gasteiger partial charge in [-0.3, -0.25) is 0 Å². The maximum Gasteiger partial charge on any atom is 0.186 e. The lowest BCUT2D eigenvalue weighted by atomic mass is 10.1. The second-order valence-corrected chi connectivity index (χ2v) is 7.58. The molecule has 0 bridgehead atoms. The van der Waals surface area contributed by atoms with E-state index in [0.29, 0.717) is 34.3 Å². The van der Waals surface area contributed by atoms with Gasteiger partial charge in [-0.25, -0.2) is 9.37 Å². The molecule has 0 saturated heterocycles. The Morgan fingerprint density at radius 1 is 1.03 bits per heavy atom. The molecular weight excluding hydrogens is 401 g/mol. The Morgan fingerprint density at radius 2 is 1.87 bits per heavy atom. The normalized spacial score (nSPS) is 11.3. The highest BCUT2D eigenvalue weighted by Gasteiger charge is 2.16. The summed E-state index contributed by atoms with van der Waals surface area (Å²) in [6.07, 6.45) is 0. The highest BCUT2D eigenvalue weighted by Crippen LogP contribution is 2.30. The standard InChI is InChI=1S/C23H17ClFN5/c1-14-5-7-15(8-6-14)13-26-22-19-10-9-17(24)12-20(19)30-23(27-22)21(28-29-30)16-3-2-4-18(25)11-16/h2-12H,13H2,1H3,(H,26,27). The predicted octanol–water partition coefficient (Wildman–Crippen LogP) is 5.66. The number of fused-ring (bicyclic) bond motifs is 3. The lowest BCUT2D eigenvalue weighted by molar-refractivity contribution is 0.628. The van der Waals surface area contributed by atoms with Crippen LogP contribution in [-0.4, -0.2) is 19.8 Å². The number of nitrogens with zero attached hydrogens (tertiary/aromatic N) is 4. The van der Waals surface area contributed by atoms with Crippen molar-refractivity contribution in [1.29, 1.82) is 0 Å². The van der Waals surface area contributed by atoms with Gasteiger partial charge < -0.3 is 5.32 Å². The molecule has 5 nitrogen and oxygen atoms in total. The third-order valence-corrected chi connectivity index (χ3v) is 5.22. The smallest absolute Gasteiger partial charge is 0.186 e. The van der Waals surface area contributed by atoms with Gasteiger partial charge in [0, 0.05) is 22.5 Å². The van der Waals surface area contributed by atoms with E-state index in [1.165, 1.54) is 17.7 Å². The van der Waals surface area contributed by atoms with E-state index in [2.05, 4.69) is 46.8 Å². The van der Waals surface area contributed by atoms with E-state index in [0.717, 1.165) is 16.5 Å². The zero-order chi connectivity index (χ0) is 20.7. The van der Waals surface area contributed by atoms with Gasteiger partial charge >= 0.3 is 0 Å². The van der Waals surface area contributed by atoms with Gasteiger partial charge in [0.1, 0.15) is 17.3 Å². The summed E-state index contributed by atoms with van der Waals surface area (Å²) in [5.41, 5.74) is 4.78. The van der Waals surface area contributed by atoms with E-state index in [9.17, 15) is 4.39 Å². The molecule has 0 amide bonds. The SMILES string of the molecule is Cc1ccc(CNc2nc3c(-c4cccc(F)c4)nnn3c3cc(Cl)ccc23)cc1. The van der Waals surface area contributed by atoms with Crippen molar-refractivity contribution in [2.75, 3.05) is 5.32 Å². The summed E-state index contributed by atoms with van der Waals surface area (Å²) in [6.45, 7) is 2.67. The van der Waals surface area contributed by atoms with Crippen molar-refractivity contribution >= 4 is 34.0 Å². The molecule has 0 saturated carbocycles. The summed E-state index contributed by atoms with van der Waals surface area (Å²) < 4.78 is 15.4. The molecule has 0 fully saturated rings. The summed E-state index contributed by atoms with van der Waals surface area (Å²) in [4.78, 5) is 4.79. The molecule has 0 unspecified atom stereocenters. The van der Waals surface area contributed by atoms with Crippen LogP contribution >= 0.6 is 11.6 Å². The second-order valence-electron chi connectivity index (χ2n) is 7.14. The largest absolute Gasteiger partial charge is 0.365 e. The minimum Gasteiger partial charge on any atom is -0.365 e. The van der Waals surface area contributed by atoms with E-state index in [-0.39, 0.29) is 5.82 Å². The van der Waals surface area contributed by atoms with Crippen LogP contribution in [0.4, 0.5) is 10.2 Å². The monoisotopic (exact) mass is 417 g/mol. The van der Waals surface area contributed by atoms with Crippen LogP contribution in [0.5, 0.6) is 0 Å². The van der Waals surface area contributed by atoms with Crippen LogP contribution in [0.15, 0.2) is 66.7 Å². The zero-order valence-electron chi connectivity index (χ0n) is 16.1. The molecule has 0 radical (unpaired) electrons. The van der Waals surface area contributed by atoms with Crippen molar-refractivity contribution < 1.29 is 4.39 Å². The molecule has 30 heavy (non-hydrogen) atoms. The van der Waals surface area contributed by atoms with E-state index < -0.39 is 0 Å². The molecule has 0 spiro atoms. The maximum atomic E-state index is 13.8. The van der Waals surface area contributed by atoms with Gasteiger partial charge in [-0.15, -0.1) is 5.10 Å². The first-order chi connectivity index (χ1) is 14.6. The third-order valence-electron chi connectivity index (χ3n) is 4.99. The molecule has 3 aromatic carbocycles. The molecule has 0 aliphatic rings. The molecular formula is C23H17ClFN5. The second kappa shape index (κ2) is 7.39. The van der Waals surface area contributed by atoms with E-state index in [1.54, 1.807) is 16.6 Å². The van der Waals surface area contributed by atoms with Gasteiger partial charge in [0.15, 0.2) is 5.65 Å². The number of aromatic nitrogens is 4. The van der Waals surface area contributed by atoms with Gasteiger partial charge in [0.2, 0.25) is 0 Å². The molecule has 2 aromatic heterocycles. The highest BCUT2D eigenvalue weighted by molar-refractivity contribution is 6.31. The van der Waals surface area contributed by atoms with Crippen molar-refractivity contribution in [3.63, 3.8) is 0 Å². The van der Waals surface area contributed by atoms with Crippen LogP contribution in [0.2, 0.25) is 5.02 Å². The first kappa shape index (κ1) is 18.5. The van der Waals surface area contributed by atoms with Crippen LogP contribution in [0, 0.1) is 12.7 Å². The fraction of sp³-hybridized carbons (Fsp3) is 0.0870. The van der Waals surface area contributed by atoms with Crippen LogP contribution in [0.25, 0.3) is 27.8 Å². The minimum absolute atomic E-state index is 0.338. The molecule has 0 aliphatic heterocycles. The van der Waals surface area contributed by atoms with Crippen LogP contribution < -0.4 is 5.32 Å². The third kappa shape index (κ3) is 3.35. The number of aryl methyl sites for hydroxylation is 1. The van der Waals surface area contributed by atoms with Gasteiger partial charge in [-0.05, 0) is 42.8 Å². The molecule has 0 atom stereocenters. The number of nitrogens with one attached hydrogen (secondary N) is 1.